The van der Waals surface area contributed by atoms with E-state index in [0.717, 1.165) is 22.4 Å². The number of aromatic hydroxyl groups is 1. The number of rotatable bonds is 8. The second-order valence-corrected chi connectivity index (χ2v) is 12.1. The number of phenols is 1. The minimum absolute atomic E-state index is 0.0516. The van der Waals surface area contributed by atoms with Crippen molar-refractivity contribution in [2.75, 3.05) is 32.1 Å². The zero-order chi connectivity index (χ0) is 31.5. The zero-order valence-corrected chi connectivity index (χ0v) is 26.2. The van der Waals surface area contributed by atoms with Crippen molar-refractivity contribution in [2.24, 2.45) is 0 Å². The fraction of sp³-hybridized carbons (Fsp3) is 0.364. The molecule has 2 atom stereocenters. The van der Waals surface area contributed by atoms with Gasteiger partial charge >= 0.3 is 6.03 Å². The molecule has 44 heavy (non-hydrogen) atoms. The molecular weight excluding hydrogens is 580 g/mol. The third-order valence-electron chi connectivity index (χ3n) is 8.37. The van der Waals surface area contributed by atoms with Crippen molar-refractivity contribution in [3.8, 4) is 5.75 Å². The van der Waals surface area contributed by atoms with Crippen molar-refractivity contribution >= 4 is 35.1 Å². The molecule has 0 aromatic heterocycles. The van der Waals surface area contributed by atoms with Crippen molar-refractivity contribution in [3.05, 3.63) is 94.5 Å². The van der Waals surface area contributed by atoms with Gasteiger partial charge in [0.2, 0.25) is 11.8 Å². The first-order chi connectivity index (χ1) is 21.0. The number of phenolic OH excluding ortho intramolecular Hbond substituents is 1. The summed E-state index contributed by atoms with van der Waals surface area (Å²) in [6.07, 6.45) is -0.512. The number of nitrogens with zero attached hydrogens (tertiary/aromatic N) is 5. The van der Waals surface area contributed by atoms with E-state index in [1.54, 1.807) is 46.1 Å². The highest BCUT2D eigenvalue weighted by Gasteiger charge is 2.50. The Hall–Kier alpha value is -4.28. The first-order valence-electron chi connectivity index (χ1n) is 14.7. The molecule has 4 amide bonds. The molecule has 0 bridgehead atoms. The molecule has 2 heterocycles. The van der Waals surface area contributed by atoms with Crippen LogP contribution in [0.2, 0.25) is 5.02 Å². The second-order valence-electron chi connectivity index (χ2n) is 11.7. The van der Waals surface area contributed by atoms with Crippen molar-refractivity contribution in [1.82, 2.24) is 25.1 Å². The lowest BCUT2D eigenvalue weighted by Crippen LogP contribution is -2.76. The van der Waals surface area contributed by atoms with Crippen LogP contribution in [-0.2, 0) is 29.1 Å². The third-order valence-corrected chi connectivity index (χ3v) is 8.74. The van der Waals surface area contributed by atoms with Crippen LogP contribution < -0.4 is 10.2 Å². The summed E-state index contributed by atoms with van der Waals surface area (Å²) in [7, 11) is 3.71. The van der Waals surface area contributed by atoms with Gasteiger partial charge in [0.1, 0.15) is 18.0 Å². The highest BCUT2D eigenvalue weighted by Crippen LogP contribution is 2.31. The summed E-state index contributed by atoms with van der Waals surface area (Å²) in [5, 5.41) is 16.5. The van der Waals surface area contributed by atoms with Gasteiger partial charge in [-0.1, -0.05) is 54.1 Å². The van der Waals surface area contributed by atoms with Gasteiger partial charge in [0.05, 0.1) is 13.1 Å². The van der Waals surface area contributed by atoms with Crippen LogP contribution in [0.1, 0.15) is 30.5 Å². The number of carbonyl (C=O) groups is 3. The van der Waals surface area contributed by atoms with Crippen LogP contribution in [0.3, 0.4) is 0 Å². The number of halogens is 1. The molecule has 0 aliphatic carbocycles. The molecule has 3 aromatic carbocycles. The van der Waals surface area contributed by atoms with Gasteiger partial charge in [-0.2, -0.15) is 0 Å². The number of anilines is 1. The van der Waals surface area contributed by atoms with Gasteiger partial charge in [-0.15, -0.1) is 0 Å². The average molecular weight is 619 g/mol. The lowest BCUT2D eigenvalue weighted by Gasteiger charge is -2.54. The maximum absolute atomic E-state index is 14.2. The van der Waals surface area contributed by atoms with Crippen LogP contribution in [0.4, 0.5) is 10.5 Å². The summed E-state index contributed by atoms with van der Waals surface area (Å²) in [6, 6.07) is 21.0. The Morgan fingerprint density at radius 2 is 1.75 bits per heavy atom. The van der Waals surface area contributed by atoms with Gasteiger partial charge in [0.15, 0.2) is 0 Å². The molecule has 232 valence electrons. The van der Waals surface area contributed by atoms with Crippen LogP contribution in [0.25, 0.3) is 0 Å². The Kier molecular flexibility index (Phi) is 9.31. The Labute approximate surface area is 263 Å². The number of amides is 4. The molecule has 2 N–H and O–H groups in total. The predicted molar refractivity (Wildman–Crippen MR) is 170 cm³/mol. The molecule has 0 unspecified atom stereocenters. The summed E-state index contributed by atoms with van der Waals surface area (Å²) < 4.78 is 0. The molecule has 2 aliphatic heterocycles. The SMILES string of the molecule is CC(C)N(C)c1ccc(Cl)c(CN2C[C@@H]3N(C(=O)CN(C)N3C(=O)NCc3ccccc3)[C@@H](Cc3ccc(O)cc3)C2=O)c1. The van der Waals surface area contributed by atoms with Gasteiger partial charge in [-0.25, -0.2) is 14.8 Å². The average Bonchev–Trinajstić information content (AvgIpc) is 3.00. The smallest absolute Gasteiger partial charge is 0.334 e. The molecule has 0 saturated carbocycles. The van der Waals surface area contributed by atoms with E-state index in [4.69, 9.17) is 11.6 Å². The van der Waals surface area contributed by atoms with Crippen molar-refractivity contribution < 1.29 is 19.5 Å². The number of piperazine rings is 1. The van der Waals surface area contributed by atoms with Gasteiger partial charge < -0.3 is 25.1 Å². The maximum Gasteiger partial charge on any atom is 0.334 e. The van der Waals surface area contributed by atoms with Crippen molar-refractivity contribution in [2.45, 2.75) is 51.6 Å². The molecule has 10 nitrogen and oxygen atoms in total. The van der Waals surface area contributed by atoms with Gasteiger partial charge in [-0.3, -0.25) is 9.59 Å². The quantitative estimate of drug-likeness (QED) is 0.395. The van der Waals surface area contributed by atoms with E-state index in [2.05, 4.69) is 24.1 Å². The highest BCUT2D eigenvalue weighted by atomic mass is 35.5. The van der Waals surface area contributed by atoms with Crippen LogP contribution in [0.15, 0.2) is 72.8 Å². The number of urea groups is 1. The molecule has 2 saturated heterocycles. The van der Waals surface area contributed by atoms with E-state index in [-0.39, 0.29) is 55.7 Å². The van der Waals surface area contributed by atoms with Gasteiger partial charge in [0.25, 0.3) is 0 Å². The Bertz CT molecular complexity index is 1500. The first kappa shape index (κ1) is 31.2. The number of hydrogen-bond donors (Lipinski definition) is 2. The molecular formula is C33H39ClN6O4. The second kappa shape index (κ2) is 13.2. The lowest BCUT2D eigenvalue weighted by molar-refractivity contribution is -0.187. The summed E-state index contributed by atoms with van der Waals surface area (Å²) in [5.41, 5.74) is 3.48. The monoisotopic (exact) mass is 618 g/mol. The van der Waals surface area contributed by atoms with E-state index >= 15 is 0 Å². The number of fused-ring (bicyclic) bond motifs is 1. The van der Waals surface area contributed by atoms with Crippen LogP contribution >= 0.6 is 11.6 Å². The Morgan fingerprint density at radius 1 is 1.05 bits per heavy atom. The first-order valence-corrected chi connectivity index (χ1v) is 15.1. The standard InChI is InChI=1S/C33H39ClN6O4/c1-22(2)37(4)26-12-15-28(34)25(17-26)19-38-20-30-39(29(32(38)43)16-23-10-13-27(41)14-11-23)31(42)21-36(3)40(30)33(44)35-18-24-8-6-5-7-9-24/h5-15,17,22,29-30,41H,16,18-21H2,1-4H3,(H,35,44)/t29-,30+/m0/s1. The Balaban J connectivity index is 1.48. The largest absolute Gasteiger partial charge is 0.508 e. The van der Waals surface area contributed by atoms with Crippen LogP contribution in [0.5, 0.6) is 5.75 Å². The molecule has 0 radical (unpaired) electrons. The van der Waals surface area contributed by atoms with Crippen molar-refractivity contribution in [3.63, 3.8) is 0 Å². The van der Waals surface area contributed by atoms with Crippen LogP contribution in [0, 0.1) is 0 Å². The third kappa shape index (κ3) is 6.61. The van der Waals surface area contributed by atoms with Crippen LogP contribution in [-0.4, -0.2) is 88.2 Å². The summed E-state index contributed by atoms with van der Waals surface area (Å²) in [5.74, 6) is -0.350. The van der Waals surface area contributed by atoms with E-state index in [0.29, 0.717) is 11.6 Å². The molecule has 11 heteroatoms. The molecule has 2 aliphatic rings. The maximum atomic E-state index is 14.2. The number of benzene rings is 3. The molecule has 5 rings (SSSR count). The van der Waals surface area contributed by atoms with E-state index in [1.165, 1.54) is 5.01 Å². The summed E-state index contributed by atoms with van der Waals surface area (Å²) >= 11 is 6.66. The topological polar surface area (TPSA) is 99.7 Å². The number of carbonyl (C=O) groups excluding carboxylic acids is 3. The van der Waals surface area contributed by atoms with Gasteiger partial charge in [-0.05, 0) is 60.9 Å². The number of hydrazine groups is 1. The molecule has 3 aromatic rings. The van der Waals surface area contributed by atoms with Gasteiger partial charge in [0, 0.05) is 50.4 Å². The van der Waals surface area contributed by atoms with E-state index in [9.17, 15) is 19.5 Å². The minimum atomic E-state index is -0.857. The number of likely N-dealkylation sites (N-methyl/N-ethyl adjacent to an activating group) is 1. The molecule has 0 spiro atoms. The lowest BCUT2D eigenvalue weighted by atomic mass is 9.98. The normalized spacial score (nSPS) is 18.9. The predicted octanol–water partition coefficient (Wildman–Crippen LogP) is 4.07. The van der Waals surface area contributed by atoms with Crippen molar-refractivity contribution in [1.29, 1.82) is 0 Å². The summed E-state index contributed by atoms with van der Waals surface area (Å²) in [6.45, 7) is 4.78. The highest BCUT2D eigenvalue weighted by molar-refractivity contribution is 6.31. The minimum Gasteiger partial charge on any atom is -0.508 e. The van der Waals surface area contributed by atoms with E-state index < -0.39 is 12.2 Å². The zero-order valence-electron chi connectivity index (χ0n) is 25.5. The van der Waals surface area contributed by atoms with E-state index in [1.807, 2.05) is 55.6 Å². The number of nitrogens with one attached hydrogen (secondary N) is 1. The molecule has 2 fully saturated rings. The fourth-order valence-electron chi connectivity index (χ4n) is 5.76. The Morgan fingerprint density at radius 3 is 2.43 bits per heavy atom. The summed E-state index contributed by atoms with van der Waals surface area (Å²) in [4.78, 5) is 46.9. The fourth-order valence-corrected chi connectivity index (χ4v) is 5.94. The number of hydrogen-bond acceptors (Lipinski definition) is 6.